The van der Waals surface area contributed by atoms with Crippen LogP contribution in [-0.2, 0) is 11.3 Å². The molecular weight excluding hydrogens is 345 g/mol. The molecule has 1 N–H and O–H groups in total. The van der Waals surface area contributed by atoms with E-state index in [0.29, 0.717) is 18.8 Å². The van der Waals surface area contributed by atoms with Crippen molar-refractivity contribution in [2.75, 3.05) is 32.8 Å². The lowest BCUT2D eigenvalue weighted by atomic mass is 10.2. The molecule has 1 fully saturated rings. The van der Waals surface area contributed by atoms with Crippen LogP contribution in [0, 0.1) is 0 Å². The minimum absolute atomic E-state index is 0.236. The zero-order valence-electron chi connectivity index (χ0n) is 15.5. The number of nitrogens with one attached hydrogen (secondary N) is 1. The largest absolute Gasteiger partial charge is 0.484 e. The summed E-state index contributed by atoms with van der Waals surface area (Å²) in [5, 5.41) is 3.37. The van der Waals surface area contributed by atoms with Crippen molar-refractivity contribution >= 4 is 0 Å². The molecule has 26 heavy (non-hydrogen) atoms. The van der Waals surface area contributed by atoms with Crippen LogP contribution in [0.4, 0.5) is 13.2 Å². The molecule has 1 aliphatic rings. The predicted molar refractivity (Wildman–Crippen MR) is 95.4 cm³/mol. The zero-order valence-corrected chi connectivity index (χ0v) is 15.5. The molecule has 1 heterocycles. The Morgan fingerprint density at radius 3 is 2.38 bits per heavy atom. The van der Waals surface area contributed by atoms with Crippen LogP contribution in [0.25, 0.3) is 0 Å². The van der Waals surface area contributed by atoms with Crippen LogP contribution in [0.3, 0.4) is 0 Å². The first-order valence-corrected chi connectivity index (χ1v) is 9.19. The molecule has 0 aromatic heterocycles. The Labute approximate surface area is 153 Å². The van der Waals surface area contributed by atoms with E-state index in [-0.39, 0.29) is 5.75 Å². The second-order valence-electron chi connectivity index (χ2n) is 6.95. The van der Waals surface area contributed by atoms with Crippen molar-refractivity contribution in [3.05, 3.63) is 29.8 Å². The highest BCUT2D eigenvalue weighted by Gasteiger charge is 2.28. The first-order valence-electron chi connectivity index (χ1n) is 9.19. The van der Waals surface area contributed by atoms with Crippen LogP contribution in [0.2, 0.25) is 0 Å². The Hall–Kier alpha value is -1.31. The fourth-order valence-electron chi connectivity index (χ4n) is 3.15. The van der Waals surface area contributed by atoms with Gasteiger partial charge in [-0.05, 0) is 57.5 Å². The van der Waals surface area contributed by atoms with Gasteiger partial charge >= 0.3 is 6.18 Å². The van der Waals surface area contributed by atoms with Crippen molar-refractivity contribution in [2.45, 2.75) is 51.6 Å². The van der Waals surface area contributed by atoms with Gasteiger partial charge in [0.05, 0.1) is 12.2 Å². The van der Waals surface area contributed by atoms with Gasteiger partial charge in [-0.2, -0.15) is 13.2 Å². The highest BCUT2D eigenvalue weighted by Crippen LogP contribution is 2.18. The Bertz CT molecular complexity index is 513. The lowest BCUT2D eigenvalue weighted by Gasteiger charge is -2.35. The van der Waals surface area contributed by atoms with Gasteiger partial charge in [0, 0.05) is 19.6 Å². The number of hydrogen-bond acceptors (Lipinski definition) is 4. The van der Waals surface area contributed by atoms with Gasteiger partial charge in [-0.1, -0.05) is 12.1 Å². The lowest BCUT2D eigenvalue weighted by Crippen LogP contribution is -2.45. The quantitative estimate of drug-likeness (QED) is 0.670. The summed E-state index contributed by atoms with van der Waals surface area (Å²) in [6.45, 7) is 7.68. The topological polar surface area (TPSA) is 33.7 Å². The van der Waals surface area contributed by atoms with Gasteiger partial charge < -0.3 is 14.8 Å². The molecule has 0 spiro atoms. The number of halogens is 3. The SMILES string of the molecule is CC1CN(CCCCNCc2ccc(OCC(F)(F)F)cc2)CC(C)O1. The van der Waals surface area contributed by atoms with E-state index >= 15 is 0 Å². The maximum atomic E-state index is 12.1. The average Bonchev–Trinajstić information content (AvgIpc) is 2.55. The van der Waals surface area contributed by atoms with Crippen LogP contribution >= 0.6 is 0 Å². The van der Waals surface area contributed by atoms with E-state index in [2.05, 4.69) is 24.1 Å². The number of morpholine rings is 1. The molecule has 1 aromatic rings. The number of alkyl halides is 3. The van der Waals surface area contributed by atoms with Gasteiger partial charge in [0.25, 0.3) is 0 Å². The molecule has 1 saturated heterocycles. The number of benzene rings is 1. The summed E-state index contributed by atoms with van der Waals surface area (Å²) in [6.07, 6.45) is -1.47. The van der Waals surface area contributed by atoms with Gasteiger partial charge in [-0.3, -0.25) is 4.90 Å². The van der Waals surface area contributed by atoms with Crippen molar-refractivity contribution in [1.29, 1.82) is 0 Å². The van der Waals surface area contributed by atoms with E-state index in [4.69, 9.17) is 9.47 Å². The summed E-state index contributed by atoms with van der Waals surface area (Å²) in [7, 11) is 0. The number of unbranched alkanes of at least 4 members (excludes halogenated alkanes) is 1. The maximum Gasteiger partial charge on any atom is 0.422 e. The third-order valence-corrected chi connectivity index (χ3v) is 4.23. The second-order valence-corrected chi connectivity index (χ2v) is 6.95. The van der Waals surface area contributed by atoms with Gasteiger partial charge in [0.1, 0.15) is 5.75 Å². The van der Waals surface area contributed by atoms with Crippen LogP contribution in [0.5, 0.6) is 5.75 Å². The van der Waals surface area contributed by atoms with Crippen molar-refractivity contribution in [2.24, 2.45) is 0 Å². The van der Waals surface area contributed by atoms with Crippen LogP contribution in [0.15, 0.2) is 24.3 Å². The molecule has 0 radical (unpaired) electrons. The Kier molecular flexibility index (Phi) is 8.18. The Morgan fingerprint density at radius 1 is 1.12 bits per heavy atom. The first kappa shape index (κ1) is 21.0. The van der Waals surface area contributed by atoms with E-state index in [1.54, 1.807) is 24.3 Å². The van der Waals surface area contributed by atoms with E-state index in [0.717, 1.165) is 44.6 Å². The van der Waals surface area contributed by atoms with Crippen molar-refractivity contribution in [1.82, 2.24) is 10.2 Å². The van der Waals surface area contributed by atoms with Crippen molar-refractivity contribution < 1.29 is 22.6 Å². The second kappa shape index (κ2) is 10.1. The van der Waals surface area contributed by atoms with Gasteiger partial charge in [-0.25, -0.2) is 0 Å². The molecule has 7 heteroatoms. The lowest BCUT2D eigenvalue weighted by molar-refractivity contribution is -0.153. The van der Waals surface area contributed by atoms with Crippen molar-refractivity contribution in [3.63, 3.8) is 0 Å². The molecule has 1 aromatic carbocycles. The maximum absolute atomic E-state index is 12.1. The standard InChI is InChI=1S/C19H29F3N2O2/c1-15-12-24(13-16(2)26-15)10-4-3-9-23-11-17-5-7-18(8-6-17)25-14-19(20,21)22/h5-8,15-16,23H,3-4,9-14H2,1-2H3. The van der Waals surface area contributed by atoms with E-state index < -0.39 is 12.8 Å². The van der Waals surface area contributed by atoms with Crippen LogP contribution < -0.4 is 10.1 Å². The number of ether oxygens (including phenoxy) is 2. The minimum Gasteiger partial charge on any atom is -0.484 e. The molecule has 2 unspecified atom stereocenters. The Balaban J connectivity index is 1.55. The fraction of sp³-hybridized carbons (Fsp3) is 0.684. The molecule has 0 aliphatic carbocycles. The summed E-state index contributed by atoms with van der Waals surface area (Å²) >= 11 is 0. The number of rotatable bonds is 9. The highest BCUT2D eigenvalue weighted by molar-refractivity contribution is 5.27. The molecule has 0 saturated carbocycles. The average molecular weight is 374 g/mol. The molecule has 4 nitrogen and oxygen atoms in total. The van der Waals surface area contributed by atoms with E-state index in [9.17, 15) is 13.2 Å². The third kappa shape index (κ3) is 8.38. The van der Waals surface area contributed by atoms with Crippen LogP contribution in [-0.4, -0.2) is 56.1 Å². The smallest absolute Gasteiger partial charge is 0.422 e. The van der Waals surface area contributed by atoms with E-state index in [1.165, 1.54) is 0 Å². The predicted octanol–water partition coefficient (Wildman–Crippen LogP) is 3.61. The zero-order chi connectivity index (χ0) is 19.0. The van der Waals surface area contributed by atoms with Crippen molar-refractivity contribution in [3.8, 4) is 5.75 Å². The molecule has 2 rings (SSSR count). The molecule has 0 bridgehead atoms. The number of nitrogens with zero attached hydrogens (tertiary/aromatic N) is 1. The monoisotopic (exact) mass is 374 g/mol. The fourth-order valence-corrected chi connectivity index (χ4v) is 3.15. The van der Waals surface area contributed by atoms with Gasteiger partial charge in [0.15, 0.2) is 6.61 Å². The summed E-state index contributed by atoms with van der Waals surface area (Å²) in [5.74, 6) is 0.236. The first-order chi connectivity index (χ1) is 12.3. The van der Waals surface area contributed by atoms with Gasteiger partial charge in [-0.15, -0.1) is 0 Å². The molecular formula is C19H29F3N2O2. The third-order valence-electron chi connectivity index (χ3n) is 4.23. The molecule has 0 amide bonds. The molecule has 1 aliphatic heterocycles. The number of hydrogen-bond donors (Lipinski definition) is 1. The summed E-state index contributed by atoms with van der Waals surface area (Å²) in [5.41, 5.74) is 1.03. The molecule has 148 valence electrons. The summed E-state index contributed by atoms with van der Waals surface area (Å²) in [6, 6.07) is 6.72. The summed E-state index contributed by atoms with van der Waals surface area (Å²) in [4.78, 5) is 2.46. The van der Waals surface area contributed by atoms with Gasteiger partial charge in [0.2, 0.25) is 0 Å². The van der Waals surface area contributed by atoms with E-state index in [1.807, 2.05) is 0 Å². The highest BCUT2D eigenvalue weighted by atomic mass is 19.4. The normalized spacial score (nSPS) is 21.7. The molecule has 2 atom stereocenters. The minimum atomic E-state index is -4.31. The van der Waals surface area contributed by atoms with Crippen LogP contribution in [0.1, 0.15) is 32.3 Å². The Morgan fingerprint density at radius 2 is 1.77 bits per heavy atom. The summed E-state index contributed by atoms with van der Waals surface area (Å²) < 4.78 is 46.7.